The van der Waals surface area contributed by atoms with Crippen LogP contribution >= 0.6 is 0 Å². The summed E-state index contributed by atoms with van der Waals surface area (Å²) >= 11 is 0. The van der Waals surface area contributed by atoms with E-state index >= 15 is 0 Å². The lowest BCUT2D eigenvalue weighted by Crippen LogP contribution is -2.68. The zero-order valence-electron chi connectivity index (χ0n) is 26.0. The molecule has 5 atom stereocenters. The van der Waals surface area contributed by atoms with Gasteiger partial charge in [0.1, 0.15) is 18.3 Å². The third-order valence-electron chi connectivity index (χ3n) is 7.82. The largest absolute Gasteiger partial charge is 0.430 e. The first-order chi connectivity index (χ1) is 22.1. The minimum atomic E-state index is -1.44. The number of carbonyl (C=O) groups is 1. The third kappa shape index (κ3) is 9.10. The maximum absolute atomic E-state index is 12.6. The monoisotopic (exact) mass is 610 g/mol. The molecule has 0 N–H and O–H groups in total. The molecule has 1 fully saturated rings. The Kier molecular flexibility index (Phi) is 11.9. The lowest BCUT2D eigenvalue weighted by atomic mass is 9.89. The molecule has 236 valence electrons. The number of esters is 1. The van der Waals surface area contributed by atoms with Crippen molar-refractivity contribution in [3.05, 3.63) is 144 Å². The first-order valence-electron chi connectivity index (χ1n) is 15.5. The molecule has 1 saturated heterocycles. The Labute approximate surface area is 266 Å². The Hall–Kier alpha value is -3.85. The SMILES string of the molecule is CC[C@]1(OC(C)=O)O[C@H](COCc2ccccc2)[C@@H](OCc2ccccc2)[C@H](OCc2ccccc2)[C@H]1OCc1ccccc1. The van der Waals surface area contributed by atoms with E-state index in [-0.39, 0.29) is 13.2 Å². The van der Waals surface area contributed by atoms with E-state index in [1.54, 1.807) is 0 Å². The van der Waals surface area contributed by atoms with Crippen molar-refractivity contribution in [3.63, 3.8) is 0 Å². The Morgan fingerprint density at radius 3 is 1.49 bits per heavy atom. The molecular weight excluding hydrogens is 568 g/mol. The highest BCUT2D eigenvalue weighted by Crippen LogP contribution is 2.40. The summed E-state index contributed by atoms with van der Waals surface area (Å²) in [6, 6.07) is 39.7. The lowest BCUT2D eigenvalue weighted by molar-refractivity contribution is -0.372. The molecule has 1 aliphatic rings. The fourth-order valence-electron chi connectivity index (χ4n) is 5.60. The van der Waals surface area contributed by atoms with Crippen LogP contribution in [0.25, 0.3) is 0 Å². The van der Waals surface area contributed by atoms with Crippen LogP contribution in [0.15, 0.2) is 121 Å². The van der Waals surface area contributed by atoms with Crippen LogP contribution in [-0.2, 0) is 59.6 Å². The minimum Gasteiger partial charge on any atom is -0.430 e. The molecule has 4 aromatic carbocycles. The molecule has 45 heavy (non-hydrogen) atoms. The predicted octanol–water partition coefficient (Wildman–Crippen LogP) is 7.03. The van der Waals surface area contributed by atoms with Crippen molar-refractivity contribution >= 4 is 5.97 Å². The van der Waals surface area contributed by atoms with Crippen molar-refractivity contribution in [3.8, 4) is 0 Å². The van der Waals surface area contributed by atoms with E-state index in [1.807, 2.05) is 128 Å². The van der Waals surface area contributed by atoms with Crippen LogP contribution in [0.5, 0.6) is 0 Å². The quantitative estimate of drug-likeness (QED) is 0.134. The second-order valence-corrected chi connectivity index (χ2v) is 11.2. The highest BCUT2D eigenvalue weighted by Gasteiger charge is 2.58. The maximum Gasteiger partial charge on any atom is 0.305 e. The van der Waals surface area contributed by atoms with Gasteiger partial charge in [-0.2, -0.15) is 0 Å². The molecule has 0 aromatic heterocycles. The highest BCUT2D eigenvalue weighted by molar-refractivity contribution is 5.66. The molecule has 0 bridgehead atoms. The summed E-state index contributed by atoms with van der Waals surface area (Å²) < 4.78 is 39.0. The van der Waals surface area contributed by atoms with Gasteiger partial charge in [0.2, 0.25) is 5.79 Å². The molecule has 1 aliphatic heterocycles. The predicted molar refractivity (Wildman–Crippen MR) is 171 cm³/mol. The van der Waals surface area contributed by atoms with Crippen LogP contribution in [-0.4, -0.2) is 42.8 Å². The van der Waals surface area contributed by atoms with Crippen molar-refractivity contribution in [2.24, 2.45) is 0 Å². The van der Waals surface area contributed by atoms with E-state index in [2.05, 4.69) is 0 Å². The van der Waals surface area contributed by atoms with Gasteiger partial charge in [0.15, 0.2) is 6.10 Å². The van der Waals surface area contributed by atoms with Crippen molar-refractivity contribution < 1.29 is 33.2 Å². The van der Waals surface area contributed by atoms with Gasteiger partial charge in [-0.05, 0) is 22.3 Å². The lowest BCUT2D eigenvalue weighted by Gasteiger charge is -2.51. The summed E-state index contributed by atoms with van der Waals surface area (Å²) in [5.74, 6) is -1.91. The van der Waals surface area contributed by atoms with Gasteiger partial charge in [0, 0.05) is 13.3 Å². The van der Waals surface area contributed by atoms with Gasteiger partial charge in [0.05, 0.1) is 33.0 Å². The Balaban J connectivity index is 1.49. The highest BCUT2D eigenvalue weighted by atomic mass is 16.8. The molecule has 4 aromatic rings. The van der Waals surface area contributed by atoms with Crippen LogP contribution in [0.1, 0.15) is 42.5 Å². The zero-order valence-corrected chi connectivity index (χ0v) is 26.0. The maximum atomic E-state index is 12.6. The summed E-state index contributed by atoms with van der Waals surface area (Å²) in [5.41, 5.74) is 4.02. The topological polar surface area (TPSA) is 72.5 Å². The van der Waals surface area contributed by atoms with E-state index in [9.17, 15) is 4.79 Å². The number of rotatable bonds is 15. The van der Waals surface area contributed by atoms with Crippen LogP contribution in [0, 0.1) is 0 Å². The molecule has 0 amide bonds. The van der Waals surface area contributed by atoms with E-state index in [4.69, 9.17) is 28.4 Å². The summed E-state index contributed by atoms with van der Waals surface area (Å²) in [7, 11) is 0. The fraction of sp³-hybridized carbons (Fsp3) is 0.342. The molecule has 7 heteroatoms. The van der Waals surface area contributed by atoms with Crippen LogP contribution in [0.3, 0.4) is 0 Å². The molecule has 0 aliphatic carbocycles. The van der Waals surface area contributed by atoms with Gasteiger partial charge in [-0.25, -0.2) is 0 Å². The number of benzene rings is 4. The Morgan fingerprint density at radius 1 is 0.622 bits per heavy atom. The third-order valence-corrected chi connectivity index (χ3v) is 7.82. The van der Waals surface area contributed by atoms with E-state index < -0.39 is 36.2 Å². The van der Waals surface area contributed by atoms with E-state index in [0.717, 1.165) is 22.3 Å². The summed E-state index contributed by atoms with van der Waals surface area (Å²) in [4.78, 5) is 12.6. The van der Waals surface area contributed by atoms with Crippen molar-refractivity contribution in [2.75, 3.05) is 6.61 Å². The minimum absolute atomic E-state index is 0.188. The van der Waals surface area contributed by atoms with Crippen molar-refractivity contribution in [2.45, 2.75) is 76.9 Å². The standard InChI is InChI=1S/C38H42O7/c1-3-38(44-29(2)39)37(43-27-33-22-14-7-15-23-33)36(42-26-32-20-12-6-13-21-32)35(41-25-31-18-10-5-11-19-31)34(45-38)28-40-24-30-16-8-4-9-17-30/h4-23,34-37H,3,24-28H2,1-2H3/t34-,35-,36+,37-,38+/m1/s1. The molecule has 5 rings (SSSR count). The number of hydrogen-bond acceptors (Lipinski definition) is 7. The molecule has 0 radical (unpaired) electrons. The first kappa shape index (κ1) is 32.5. The van der Waals surface area contributed by atoms with Crippen molar-refractivity contribution in [1.29, 1.82) is 0 Å². The molecule has 0 saturated carbocycles. The van der Waals surface area contributed by atoms with Gasteiger partial charge in [0.25, 0.3) is 0 Å². The smallest absolute Gasteiger partial charge is 0.305 e. The van der Waals surface area contributed by atoms with Crippen LogP contribution < -0.4 is 0 Å². The molecular formula is C38H42O7. The van der Waals surface area contributed by atoms with Crippen LogP contribution in [0.2, 0.25) is 0 Å². The average molecular weight is 611 g/mol. The second kappa shape index (κ2) is 16.5. The summed E-state index contributed by atoms with van der Waals surface area (Å²) in [6.07, 6.45) is -2.38. The van der Waals surface area contributed by atoms with Gasteiger partial charge >= 0.3 is 5.97 Å². The summed E-state index contributed by atoms with van der Waals surface area (Å²) in [6.45, 7) is 4.78. The van der Waals surface area contributed by atoms with Gasteiger partial charge in [-0.15, -0.1) is 0 Å². The van der Waals surface area contributed by atoms with E-state index in [1.165, 1.54) is 6.92 Å². The zero-order chi connectivity index (χ0) is 31.3. The van der Waals surface area contributed by atoms with Gasteiger partial charge < -0.3 is 28.4 Å². The van der Waals surface area contributed by atoms with Gasteiger partial charge in [-0.1, -0.05) is 128 Å². The first-order valence-corrected chi connectivity index (χ1v) is 15.5. The van der Waals surface area contributed by atoms with Crippen LogP contribution in [0.4, 0.5) is 0 Å². The average Bonchev–Trinajstić information content (AvgIpc) is 3.08. The number of ether oxygens (including phenoxy) is 6. The summed E-state index contributed by atoms with van der Waals surface area (Å²) in [5, 5.41) is 0. The normalized spacial score (nSPS) is 23.0. The van der Waals surface area contributed by atoms with Crippen molar-refractivity contribution in [1.82, 2.24) is 0 Å². The molecule has 1 heterocycles. The van der Waals surface area contributed by atoms with Gasteiger partial charge in [-0.3, -0.25) is 4.79 Å². The number of carbonyl (C=O) groups excluding carboxylic acids is 1. The fourth-order valence-corrected chi connectivity index (χ4v) is 5.60. The Morgan fingerprint density at radius 2 is 1.04 bits per heavy atom. The number of hydrogen-bond donors (Lipinski definition) is 0. The molecule has 0 spiro atoms. The molecule has 7 nitrogen and oxygen atoms in total. The molecule has 0 unspecified atom stereocenters. The van der Waals surface area contributed by atoms with E-state index in [0.29, 0.717) is 26.2 Å². The second-order valence-electron chi connectivity index (χ2n) is 11.2. The Bertz CT molecular complexity index is 1420.